The molecule has 1 aromatic carbocycles. The lowest BCUT2D eigenvalue weighted by Crippen LogP contribution is -2.31. The molecule has 0 fully saturated rings. The van der Waals surface area contributed by atoms with Gasteiger partial charge in [-0.05, 0) is 40.0 Å². The van der Waals surface area contributed by atoms with Crippen molar-refractivity contribution >= 4 is 16.6 Å². The van der Waals surface area contributed by atoms with E-state index in [1.165, 1.54) is 23.0 Å². The van der Waals surface area contributed by atoms with Gasteiger partial charge < -0.3 is 10.4 Å². The highest BCUT2D eigenvalue weighted by molar-refractivity contribution is 7.84. The van der Waals surface area contributed by atoms with Crippen molar-refractivity contribution < 1.29 is 22.9 Å². The molecule has 1 aliphatic rings. The average Bonchev–Trinajstić information content (AvgIpc) is 3.22. The van der Waals surface area contributed by atoms with Crippen LogP contribution in [0.3, 0.4) is 0 Å². The summed E-state index contributed by atoms with van der Waals surface area (Å²) in [5, 5.41) is 23.9. The number of aliphatic hydroxyl groups is 1. The van der Waals surface area contributed by atoms with Crippen molar-refractivity contribution in [3.8, 4) is 11.5 Å². The molecule has 2 aromatic heterocycles. The first-order valence-electron chi connectivity index (χ1n) is 8.35. The molecule has 12 heteroatoms. The van der Waals surface area contributed by atoms with Crippen LogP contribution in [-0.2, 0) is 17.2 Å². The van der Waals surface area contributed by atoms with Crippen LogP contribution in [0.15, 0.2) is 32.1 Å². The first kappa shape index (κ1) is 18.5. The Balaban J connectivity index is 1.62. The second-order valence-corrected chi connectivity index (χ2v) is 7.92. The Morgan fingerprint density at radius 3 is 3.04 bits per heavy atom. The van der Waals surface area contributed by atoms with E-state index in [-0.39, 0.29) is 29.6 Å². The van der Waals surface area contributed by atoms with Gasteiger partial charge in [-0.3, -0.25) is 8.73 Å². The molecule has 10 nitrogen and oxygen atoms in total. The van der Waals surface area contributed by atoms with Crippen LogP contribution in [0.2, 0.25) is 0 Å². The van der Waals surface area contributed by atoms with Crippen molar-refractivity contribution in [2.75, 3.05) is 23.9 Å². The Kier molecular flexibility index (Phi) is 4.81. The molecule has 0 amide bonds. The number of nitrogens with one attached hydrogen (secondary N) is 1. The quantitative estimate of drug-likeness (QED) is 0.565. The van der Waals surface area contributed by atoms with E-state index < -0.39 is 34.5 Å². The SMILES string of the molecule is CS(=O)CC(O)CNc1nonc1-c1noc(=O)n1C1Cc2ccc(F)cc21. The summed E-state index contributed by atoms with van der Waals surface area (Å²) in [6.45, 7) is 0.0420. The summed E-state index contributed by atoms with van der Waals surface area (Å²) in [5.74, 6) is -0.816. The van der Waals surface area contributed by atoms with E-state index in [0.29, 0.717) is 12.0 Å². The molecule has 148 valence electrons. The molecular weight excluding hydrogens is 393 g/mol. The fourth-order valence-electron chi connectivity index (χ4n) is 3.16. The third-order valence-corrected chi connectivity index (χ3v) is 5.31. The molecular formula is C16H16FN5O5S. The predicted octanol–water partition coefficient (Wildman–Crippen LogP) is 0.322. The van der Waals surface area contributed by atoms with E-state index in [1.807, 2.05) is 0 Å². The zero-order valence-corrected chi connectivity index (χ0v) is 15.5. The Bertz CT molecular complexity index is 1090. The van der Waals surface area contributed by atoms with E-state index in [9.17, 15) is 18.5 Å². The van der Waals surface area contributed by atoms with Crippen LogP contribution < -0.4 is 11.1 Å². The number of anilines is 1. The van der Waals surface area contributed by atoms with Gasteiger partial charge in [0.2, 0.25) is 11.6 Å². The van der Waals surface area contributed by atoms with Gasteiger partial charge in [0.25, 0.3) is 0 Å². The highest BCUT2D eigenvalue weighted by Crippen LogP contribution is 2.38. The van der Waals surface area contributed by atoms with Crippen LogP contribution in [0.1, 0.15) is 17.2 Å². The number of fused-ring (bicyclic) bond motifs is 1. The molecule has 3 unspecified atom stereocenters. The van der Waals surface area contributed by atoms with Crippen molar-refractivity contribution in [1.82, 2.24) is 20.0 Å². The fraction of sp³-hybridized carbons (Fsp3) is 0.375. The first-order valence-corrected chi connectivity index (χ1v) is 10.1. The average molecular weight is 409 g/mol. The Morgan fingerprint density at radius 1 is 1.43 bits per heavy atom. The van der Waals surface area contributed by atoms with Crippen molar-refractivity contribution in [3.63, 3.8) is 0 Å². The normalized spacial score (nSPS) is 17.6. The molecule has 0 bridgehead atoms. The summed E-state index contributed by atoms with van der Waals surface area (Å²) >= 11 is 0. The highest BCUT2D eigenvalue weighted by Gasteiger charge is 2.34. The maximum Gasteiger partial charge on any atom is 0.442 e. The summed E-state index contributed by atoms with van der Waals surface area (Å²) < 4.78 is 35.6. The largest absolute Gasteiger partial charge is 0.442 e. The van der Waals surface area contributed by atoms with Gasteiger partial charge in [-0.2, -0.15) is 0 Å². The van der Waals surface area contributed by atoms with Crippen LogP contribution >= 0.6 is 0 Å². The molecule has 0 aliphatic heterocycles. The molecule has 1 aliphatic carbocycles. The van der Waals surface area contributed by atoms with Gasteiger partial charge in [0.1, 0.15) is 5.82 Å². The minimum absolute atomic E-state index is 0.0420. The molecule has 0 radical (unpaired) electrons. The fourth-order valence-corrected chi connectivity index (χ4v) is 3.82. The third kappa shape index (κ3) is 3.36. The summed E-state index contributed by atoms with van der Waals surface area (Å²) in [5.41, 5.74) is 1.71. The van der Waals surface area contributed by atoms with Crippen LogP contribution in [0.4, 0.5) is 10.2 Å². The summed E-state index contributed by atoms with van der Waals surface area (Å²) in [6, 6.07) is 3.96. The van der Waals surface area contributed by atoms with E-state index in [4.69, 9.17) is 9.15 Å². The molecule has 3 aromatic rings. The Labute approximate surface area is 159 Å². The van der Waals surface area contributed by atoms with E-state index in [1.54, 1.807) is 6.07 Å². The number of aliphatic hydroxyl groups excluding tert-OH is 1. The molecule has 3 atom stereocenters. The number of halogens is 1. The van der Waals surface area contributed by atoms with Crippen molar-refractivity contribution in [3.05, 3.63) is 45.7 Å². The lowest BCUT2D eigenvalue weighted by Gasteiger charge is -2.30. The van der Waals surface area contributed by atoms with Gasteiger partial charge in [0.05, 0.1) is 17.9 Å². The standard InChI is InChI=1S/C16H16FN5O5S/c1-28(25)7-10(23)6-18-14-13(19-27-20-14)15-21-26-16(24)22(15)12-4-8-2-3-9(17)5-11(8)12/h2-3,5,10,12,23H,4,6-7H2,1H3,(H,18,20). The molecule has 2 N–H and O–H groups in total. The van der Waals surface area contributed by atoms with Gasteiger partial charge in [-0.1, -0.05) is 11.2 Å². The van der Waals surface area contributed by atoms with Gasteiger partial charge in [-0.25, -0.2) is 18.4 Å². The van der Waals surface area contributed by atoms with E-state index in [0.717, 1.165) is 5.56 Å². The summed E-state index contributed by atoms with van der Waals surface area (Å²) in [6.07, 6.45) is 1.12. The number of nitrogens with zero attached hydrogens (tertiary/aromatic N) is 4. The summed E-state index contributed by atoms with van der Waals surface area (Å²) in [4.78, 5) is 12.2. The monoisotopic (exact) mass is 409 g/mol. The molecule has 28 heavy (non-hydrogen) atoms. The number of aromatic nitrogens is 4. The zero-order valence-electron chi connectivity index (χ0n) is 14.7. The second kappa shape index (κ2) is 7.28. The topological polar surface area (TPSA) is 136 Å². The van der Waals surface area contributed by atoms with Crippen molar-refractivity contribution in [2.24, 2.45) is 0 Å². The van der Waals surface area contributed by atoms with Gasteiger partial charge >= 0.3 is 5.76 Å². The molecule has 0 spiro atoms. The van der Waals surface area contributed by atoms with Gasteiger partial charge in [0, 0.05) is 23.6 Å². The lowest BCUT2D eigenvalue weighted by molar-refractivity contribution is 0.211. The molecule has 4 rings (SSSR count). The summed E-state index contributed by atoms with van der Waals surface area (Å²) in [7, 11) is -1.16. The van der Waals surface area contributed by atoms with Crippen LogP contribution in [0.25, 0.3) is 11.5 Å². The van der Waals surface area contributed by atoms with Crippen LogP contribution in [0, 0.1) is 5.82 Å². The molecule has 2 heterocycles. The lowest BCUT2D eigenvalue weighted by atomic mass is 9.83. The highest BCUT2D eigenvalue weighted by atomic mass is 32.2. The minimum Gasteiger partial charge on any atom is -0.390 e. The maximum absolute atomic E-state index is 13.6. The predicted molar refractivity (Wildman–Crippen MR) is 95.7 cm³/mol. The van der Waals surface area contributed by atoms with E-state index in [2.05, 4.69) is 20.8 Å². The molecule has 0 saturated heterocycles. The van der Waals surface area contributed by atoms with Gasteiger partial charge in [-0.15, -0.1) is 0 Å². The first-order chi connectivity index (χ1) is 13.4. The van der Waals surface area contributed by atoms with Crippen LogP contribution in [0.5, 0.6) is 0 Å². The third-order valence-electron chi connectivity index (χ3n) is 4.46. The van der Waals surface area contributed by atoms with Crippen LogP contribution in [-0.4, -0.2) is 54.0 Å². The number of benzene rings is 1. The minimum atomic E-state index is -1.16. The van der Waals surface area contributed by atoms with Gasteiger partial charge in [0.15, 0.2) is 5.69 Å². The number of hydrogen-bond donors (Lipinski definition) is 2. The smallest absolute Gasteiger partial charge is 0.390 e. The maximum atomic E-state index is 13.6. The number of rotatable bonds is 7. The second-order valence-electron chi connectivity index (χ2n) is 6.44. The van der Waals surface area contributed by atoms with E-state index >= 15 is 0 Å². The zero-order chi connectivity index (χ0) is 19.8. The Hall–Kier alpha value is -2.86. The van der Waals surface area contributed by atoms with Crippen molar-refractivity contribution in [2.45, 2.75) is 18.6 Å². The number of hydrogen-bond acceptors (Lipinski definition) is 9. The Morgan fingerprint density at radius 2 is 2.25 bits per heavy atom. The van der Waals surface area contributed by atoms with Crippen molar-refractivity contribution in [1.29, 1.82) is 0 Å². The molecule has 0 saturated carbocycles.